The van der Waals surface area contributed by atoms with E-state index < -0.39 is 17.7 Å². The van der Waals surface area contributed by atoms with Crippen LogP contribution < -0.4 is 10.1 Å². The van der Waals surface area contributed by atoms with Crippen LogP contribution in [0.25, 0.3) is 0 Å². The number of carbonyl (C=O) groups is 2. The van der Waals surface area contributed by atoms with Gasteiger partial charge in [0.1, 0.15) is 0 Å². The third-order valence-corrected chi connectivity index (χ3v) is 2.71. The van der Waals surface area contributed by atoms with Crippen LogP contribution in [-0.2, 0) is 0 Å². The van der Waals surface area contributed by atoms with E-state index in [1.807, 2.05) is 0 Å². The molecule has 2 N–H and O–H groups in total. The summed E-state index contributed by atoms with van der Waals surface area (Å²) in [5.41, 5.74) is 0.0964. The van der Waals surface area contributed by atoms with Crippen molar-refractivity contribution < 1.29 is 23.8 Å². The number of anilines is 1. The van der Waals surface area contributed by atoms with Crippen LogP contribution in [0.15, 0.2) is 36.7 Å². The van der Waals surface area contributed by atoms with Crippen LogP contribution in [-0.4, -0.2) is 29.1 Å². The average molecular weight is 290 g/mol. The Balaban J connectivity index is 2.28. The summed E-state index contributed by atoms with van der Waals surface area (Å²) < 4.78 is 18.1. The summed E-state index contributed by atoms with van der Waals surface area (Å²) in [5, 5.41) is 11.4. The molecule has 0 aliphatic heterocycles. The van der Waals surface area contributed by atoms with E-state index >= 15 is 0 Å². The van der Waals surface area contributed by atoms with Gasteiger partial charge in [-0.3, -0.25) is 9.78 Å². The number of benzene rings is 1. The quantitative estimate of drug-likeness (QED) is 0.901. The zero-order valence-electron chi connectivity index (χ0n) is 11.0. The topological polar surface area (TPSA) is 88.5 Å². The molecule has 0 radical (unpaired) electrons. The largest absolute Gasteiger partial charge is 0.494 e. The Bertz CT molecular complexity index is 703. The van der Waals surface area contributed by atoms with Crippen molar-refractivity contribution in [1.82, 2.24) is 4.98 Å². The lowest BCUT2D eigenvalue weighted by Crippen LogP contribution is -2.15. The number of nitrogens with zero attached hydrogens (tertiary/aromatic N) is 1. The fourth-order valence-corrected chi connectivity index (χ4v) is 1.68. The van der Waals surface area contributed by atoms with Crippen LogP contribution in [0, 0.1) is 5.82 Å². The molecule has 21 heavy (non-hydrogen) atoms. The number of nitrogens with one attached hydrogen (secondary N) is 1. The van der Waals surface area contributed by atoms with Crippen LogP contribution in [0.3, 0.4) is 0 Å². The second kappa shape index (κ2) is 6.00. The summed E-state index contributed by atoms with van der Waals surface area (Å²) in [6.07, 6.45) is 2.53. The van der Waals surface area contributed by atoms with Gasteiger partial charge >= 0.3 is 5.97 Å². The Labute approximate surface area is 119 Å². The highest BCUT2D eigenvalue weighted by Crippen LogP contribution is 2.20. The van der Waals surface area contributed by atoms with Crippen LogP contribution >= 0.6 is 0 Å². The molecule has 6 nitrogen and oxygen atoms in total. The second-order valence-corrected chi connectivity index (χ2v) is 4.03. The molecule has 0 fully saturated rings. The lowest BCUT2D eigenvalue weighted by molar-refractivity contribution is 0.0698. The first kappa shape index (κ1) is 14.4. The Morgan fingerprint density at radius 2 is 2.10 bits per heavy atom. The number of rotatable bonds is 4. The molecule has 0 aliphatic rings. The number of amides is 1. The lowest BCUT2D eigenvalue weighted by atomic mass is 10.1. The molecule has 0 atom stereocenters. The van der Waals surface area contributed by atoms with Crippen LogP contribution in [0.2, 0.25) is 0 Å². The molecule has 0 aliphatic carbocycles. The molecule has 1 heterocycles. The fraction of sp³-hybridized carbons (Fsp3) is 0.0714. The average Bonchev–Trinajstić information content (AvgIpc) is 2.48. The van der Waals surface area contributed by atoms with E-state index in [1.165, 1.54) is 37.7 Å². The van der Waals surface area contributed by atoms with Crippen molar-refractivity contribution in [3.05, 3.63) is 53.6 Å². The van der Waals surface area contributed by atoms with Crippen molar-refractivity contribution in [3.63, 3.8) is 0 Å². The Kier molecular flexibility index (Phi) is 4.13. The maximum absolute atomic E-state index is 13.3. The van der Waals surface area contributed by atoms with Gasteiger partial charge in [-0.15, -0.1) is 0 Å². The van der Waals surface area contributed by atoms with Gasteiger partial charge in [0.2, 0.25) is 0 Å². The summed E-state index contributed by atoms with van der Waals surface area (Å²) in [6.45, 7) is 0. The van der Waals surface area contributed by atoms with Crippen molar-refractivity contribution in [1.29, 1.82) is 0 Å². The first-order chi connectivity index (χ1) is 10.0. The number of halogens is 1. The molecular formula is C14H11FN2O4. The molecule has 7 heteroatoms. The maximum Gasteiger partial charge on any atom is 0.337 e. The van der Waals surface area contributed by atoms with E-state index in [2.05, 4.69) is 10.3 Å². The van der Waals surface area contributed by atoms with Crippen molar-refractivity contribution in [2.75, 3.05) is 12.4 Å². The molecule has 108 valence electrons. The minimum Gasteiger partial charge on any atom is -0.494 e. The SMILES string of the molecule is COc1cc(C(=O)Nc2cnccc2C(=O)O)ccc1F. The fourth-order valence-electron chi connectivity index (χ4n) is 1.68. The number of hydrogen-bond donors (Lipinski definition) is 2. The molecule has 0 saturated carbocycles. The van der Waals surface area contributed by atoms with E-state index in [4.69, 9.17) is 9.84 Å². The van der Waals surface area contributed by atoms with Gasteiger partial charge in [0.15, 0.2) is 11.6 Å². The summed E-state index contributed by atoms with van der Waals surface area (Å²) in [5.74, 6) is -2.46. The van der Waals surface area contributed by atoms with Crippen molar-refractivity contribution in [2.24, 2.45) is 0 Å². The maximum atomic E-state index is 13.3. The highest BCUT2D eigenvalue weighted by Gasteiger charge is 2.15. The smallest absolute Gasteiger partial charge is 0.337 e. The zero-order valence-corrected chi connectivity index (χ0v) is 11.0. The standard InChI is InChI=1S/C14H11FN2O4/c1-21-12-6-8(2-3-10(12)15)13(18)17-11-7-16-5-4-9(11)14(19)20/h2-7H,1H3,(H,17,18)(H,19,20). The number of aromatic nitrogens is 1. The van der Waals surface area contributed by atoms with Crippen molar-refractivity contribution in [2.45, 2.75) is 0 Å². The summed E-state index contributed by atoms with van der Waals surface area (Å²) in [6, 6.07) is 4.85. The van der Waals surface area contributed by atoms with Gasteiger partial charge in [0, 0.05) is 11.8 Å². The molecule has 0 unspecified atom stereocenters. The molecule has 1 amide bonds. The van der Waals surface area contributed by atoms with Gasteiger partial charge in [-0.1, -0.05) is 0 Å². The number of hydrogen-bond acceptors (Lipinski definition) is 4. The first-order valence-corrected chi connectivity index (χ1v) is 5.85. The summed E-state index contributed by atoms with van der Waals surface area (Å²) in [4.78, 5) is 26.9. The van der Waals surface area contributed by atoms with Gasteiger partial charge in [-0.25, -0.2) is 9.18 Å². The molecule has 1 aromatic heterocycles. The molecule has 0 spiro atoms. The van der Waals surface area contributed by atoms with Gasteiger partial charge in [0.05, 0.1) is 24.6 Å². The zero-order chi connectivity index (χ0) is 15.4. The van der Waals surface area contributed by atoms with E-state index in [0.717, 1.165) is 6.07 Å². The summed E-state index contributed by atoms with van der Waals surface area (Å²) in [7, 11) is 1.28. The normalized spacial score (nSPS) is 10.0. The number of carbonyl (C=O) groups excluding carboxylic acids is 1. The third kappa shape index (κ3) is 3.14. The Morgan fingerprint density at radius 3 is 2.76 bits per heavy atom. The number of aromatic carboxylic acids is 1. The number of carboxylic acids is 1. The van der Waals surface area contributed by atoms with E-state index in [1.54, 1.807) is 0 Å². The van der Waals surface area contributed by atoms with E-state index in [-0.39, 0.29) is 22.6 Å². The number of carboxylic acid groups (broad SMARTS) is 1. The second-order valence-electron chi connectivity index (χ2n) is 4.03. The predicted molar refractivity (Wildman–Crippen MR) is 72.1 cm³/mol. The lowest BCUT2D eigenvalue weighted by Gasteiger charge is -2.09. The molecule has 0 bridgehead atoms. The molecule has 1 aromatic carbocycles. The van der Waals surface area contributed by atoms with Gasteiger partial charge in [-0.2, -0.15) is 0 Å². The summed E-state index contributed by atoms with van der Waals surface area (Å²) >= 11 is 0. The highest BCUT2D eigenvalue weighted by molar-refractivity contribution is 6.07. The Morgan fingerprint density at radius 1 is 1.33 bits per heavy atom. The predicted octanol–water partition coefficient (Wildman–Crippen LogP) is 2.18. The van der Waals surface area contributed by atoms with Gasteiger partial charge in [0.25, 0.3) is 5.91 Å². The van der Waals surface area contributed by atoms with Crippen LogP contribution in [0.5, 0.6) is 5.75 Å². The molecule has 2 rings (SSSR count). The Hall–Kier alpha value is -2.96. The molecular weight excluding hydrogens is 279 g/mol. The first-order valence-electron chi connectivity index (χ1n) is 5.85. The van der Waals surface area contributed by atoms with E-state index in [0.29, 0.717) is 0 Å². The highest BCUT2D eigenvalue weighted by atomic mass is 19.1. The van der Waals surface area contributed by atoms with Crippen LogP contribution in [0.1, 0.15) is 20.7 Å². The van der Waals surface area contributed by atoms with E-state index in [9.17, 15) is 14.0 Å². The minimum absolute atomic E-state index is 0.0540. The van der Waals surface area contributed by atoms with Crippen molar-refractivity contribution >= 4 is 17.6 Å². The van der Waals surface area contributed by atoms with Crippen molar-refractivity contribution in [3.8, 4) is 5.75 Å². The minimum atomic E-state index is -1.19. The number of pyridine rings is 1. The molecule has 0 saturated heterocycles. The van der Waals surface area contributed by atoms with Crippen LogP contribution in [0.4, 0.5) is 10.1 Å². The number of methoxy groups -OCH3 is 1. The third-order valence-electron chi connectivity index (χ3n) is 2.71. The monoisotopic (exact) mass is 290 g/mol. The van der Waals surface area contributed by atoms with Gasteiger partial charge < -0.3 is 15.2 Å². The van der Waals surface area contributed by atoms with Gasteiger partial charge in [-0.05, 0) is 24.3 Å². The molecule has 2 aromatic rings. The number of ether oxygens (including phenoxy) is 1.